The van der Waals surface area contributed by atoms with Gasteiger partial charge in [0.2, 0.25) is 0 Å². The Morgan fingerprint density at radius 1 is 0.950 bits per heavy atom. The molecule has 1 unspecified atom stereocenters. The Balaban J connectivity index is 3.51. The van der Waals surface area contributed by atoms with Crippen LogP contribution in [-0.2, 0) is 4.79 Å². The second-order valence-corrected chi connectivity index (χ2v) is 9.35. The van der Waals surface area contributed by atoms with Crippen LogP contribution in [0, 0.1) is 21.7 Å². The molecule has 20 heavy (non-hydrogen) atoms. The first-order valence-corrected chi connectivity index (χ1v) is 7.64. The quantitative estimate of drug-likeness (QED) is 0.572. The van der Waals surface area contributed by atoms with Gasteiger partial charge in [0, 0.05) is 0 Å². The Morgan fingerprint density at radius 2 is 1.45 bits per heavy atom. The van der Waals surface area contributed by atoms with E-state index >= 15 is 0 Å². The molecule has 1 aliphatic rings. The molecule has 0 heterocycles. The Labute approximate surface area is 125 Å². The number of carbonyl (C=O) groups is 1. The monoisotopic (exact) mass is 276 g/mol. The Morgan fingerprint density at radius 3 is 1.75 bits per heavy atom. The maximum atomic E-state index is 12.0. The lowest BCUT2D eigenvalue weighted by Gasteiger charge is -2.45. The molecule has 0 aliphatic heterocycles. The smallest absolute Gasteiger partial charge is 0.130 e. The van der Waals surface area contributed by atoms with Crippen molar-refractivity contribution in [1.29, 1.82) is 0 Å². The summed E-state index contributed by atoms with van der Waals surface area (Å²) < 4.78 is 0. The second kappa shape index (κ2) is 4.86. The zero-order chi connectivity index (χ0) is 16.0. The third-order valence-electron chi connectivity index (χ3n) is 4.66. The molecule has 114 valence electrons. The van der Waals surface area contributed by atoms with Crippen molar-refractivity contribution >= 4 is 6.29 Å². The van der Waals surface area contributed by atoms with Gasteiger partial charge < -0.3 is 4.79 Å². The number of carbonyl (C=O) groups excluding carboxylic acids is 1. The SMILES string of the molecule is CC(C)(C)C1=CC(C=O)(C(C)(C)C)CC(C(C)(C)C)=C1. The van der Waals surface area contributed by atoms with Gasteiger partial charge in [0.15, 0.2) is 0 Å². The van der Waals surface area contributed by atoms with Gasteiger partial charge in [0.25, 0.3) is 0 Å². The highest BCUT2D eigenvalue weighted by molar-refractivity contribution is 5.67. The van der Waals surface area contributed by atoms with Gasteiger partial charge in [0.1, 0.15) is 6.29 Å². The standard InChI is InChI=1S/C19H32O/c1-16(2,3)14-10-15(17(4,5)6)12-19(11-14,13-20)18(7,8)9/h10-11,13H,12H2,1-9H3. The molecule has 1 heteroatoms. The highest BCUT2D eigenvalue weighted by atomic mass is 16.1. The van der Waals surface area contributed by atoms with Crippen molar-refractivity contribution in [1.82, 2.24) is 0 Å². The van der Waals surface area contributed by atoms with Crippen molar-refractivity contribution in [2.45, 2.75) is 68.7 Å². The zero-order valence-corrected chi connectivity index (χ0v) is 14.8. The van der Waals surface area contributed by atoms with E-state index in [1.54, 1.807) is 0 Å². The Bertz CT molecular complexity index is 444. The predicted octanol–water partition coefficient (Wildman–Crippen LogP) is 5.57. The van der Waals surface area contributed by atoms with Crippen LogP contribution in [0.15, 0.2) is 23.3 Å². The lowest BCUT2D eigenvalue weighted by atomic mass is 9.58. The minimum absolute atomic E-state index is 0.0659. The van der Waals surface area contributed by atoms with Crippen LogP contribution in [0.25, 0.3) is 0 Å². The summed E-state index contributed by atoms with van der Waals surface area (Å²) in [6.07, 6.45) is 6.57. The van der Waals surface area contributed by atoms with E-state index in [2.05, 4.69) is 74.5 Å². The van der Waals surface area contributed by atoms with Gasteiger partial charge in [-0.15, -0.1) is 0 Å². The van der Waals surface area contributed by atoms with Crippen molar-refractivity contribution in [3.8, 4) is 0 Å². The summed E-state index contributed by atoms with van der Waals surface area (Å²) in [6, 6.07) is 0. The van der Waals surface area contributed by atoms with E-state index in [0.29, 0.717) is 0 Å². The van der Waals surface area contributed by atoms with Gasteiger partial charge in [-0.1, -0.05) is 80.0 Å². The highest BCUT2D eigenvalue weighted by Crippen LogP contribution is 2.51. The molecule has 1 nitrogen and oxygen atoms in total. The molecule has 0 saturated heterocycles. The van der Waals surface area contributed by atoms with Crippen LogP contribution in [0.3, 0.4) is 0 Å². The molecule has 1 rings (SSSR count). The van der Waals surface area contributed by atoms with E-state index < -0.39 is 5.41 Å². The fraction of sp³-hybridized carbons (Fsp3) is 0.737. The molecule has 0 N–H and O–H groups in total. The van der Waals surface area contributed by atoms with Crippen LogP contribution in [0.2, 0.25) is 0 Å². The van der Waals surface area contributed by atoms with Crippen LogP contribution >= 0.6 is 0 Å². The minimum atomic E-state index is -0.396. The Kier molecular flexibility index (Phi) is 4.18. The third-order valence-corrected chi connectivity index (χ3v) is 4.66. The van der Waals surface area contributed by atoms with Gasteiger partial charge in [0.05, 0.1) is 5.41 Å². The minimum Gasteiger partial charge on any atom is -0.302 e. The Hall–Kier alpha value is -0.850. The summed E-state index contributed by atoms with van der Waals surface area (Å²) in [5, 5.41) is 0. The molecule has 0 aromatic carbocycles. The zero-order valence-electron chi connectivity index (χ0n) is 14.8. The average molecular weight is 276 g/mol. The van der Waals surface area contributed by atoms with Crippen molar-refractivity contribution < 1.29 is 4.79 Å². The van der Waals surface area contributed by atoms with Crippen LogP contribution in [-0.4, -0.2) is 6.29 Å². The van der Waals surface area contributed by atoms with Gasteiger partial charge in [-0.05, 0) is 28.2 Å². The molecular weight excluding hydrogens is 244 g/mol. The number of rotatable bonds is 1. The topological polar surface area (TPSA) is 17.1 Å². The van der Waals surface area contributed by atoms with E-state index in [0.717, 1.165) is 6.42 Å². The summed E-state index contributed by atoms with van der Waals surface area (Å²) in [6.45, 7) is 19.9. The predicted molar refractivity (Wildman–Crippen MR) is 87.6 cm³/mol. The van der Waals surface area contributed by atoms with E-state index in [4.69, 9.17) is 0 Å². The second-order valence-electron chi connectivity index (χ2n) is 9.35. The first-order valence-electron chi connectivity index (χ1n) is 7.64. The van der Waals surface area contributed by atoms with Crippen molar-refractivity contribution in [3.05, 3.63) is 23.3 Å². The van der Waals surface area contributed by atoms with Gasteiger partial charge in [-0.2, -0.15) is 0 Å². The van der Waals surface area contributed by atoms with Crippen LogP contribution in [0.1, 0.15) is 68.7 Å². The van der Waals surface area contributed by atoms with E-state index in [-0.39, 0.29) is 16.2 Å². The van der Waals surface area contributed by atoms with Crippen molar-refractivity contribution in [3.63, 3.8) is 0 Å². The molecule has 0 amide bonds. The van der Waals surface area contributed by atoms with Crippen LogP contribution < -0.4 is 0 Å². The van der Waals surface area contributed by atoms with E-state index in [1.807, 2.05) is 0 Å². The maximum Gasteiger partial charge on any atom is 0.130 e. The molecule has 0 saturated carbocycles. The molecule has 0 radical (unpaired) electrons. The molecule has 0 fully saturated rings. The van der Waals surface area contributed by atoms with Crippen molar-refractivity contribution in [2.24, 2.45) is 21.7 Å². The van der Waals surface area contributed by atoms with Gasteiger partial charge in [-0.3, -0.25) is 0 Å². The van der Waals surface area contributed by atoms with E-state index in [1.165, 1.54) is 17.4 Å². The normalized spacial score (nSPS) is 25.1. The molecule has 0 aromatic heterocycles. The molecule has 1 atom stereocenters. The van der Waals surface area contributed by atoms with Crippen LogP contribution in [0.5, 0.6) is 0 Å². The largest absolute Gasteiger partial charge is 0.302 e. The summed E-state index contributed by atoms with van der Waals surface area (Å²) in [5.74, 6) is 0. The van der Waals surface area contributed by atoms with Gasteiger partial charge in [-0.25, -0.2) is 0 Å². The fourth-order valence-electron chi connectivity index (χ4n) is 2.57. The van der Waals surface area contributed by atoms with Crippen molar-refractivity contribution in [2.75, 3.05) is 0 Å². The fourth-order valence-corrected chi connectivity index (χ4v) is 2.57. The lowest BCUT2D eigenvalue weighted by molar-refractivity contribution is -0.118. The van der Waals surface area contributed by atoms with Crippen LogP contribution in [0.4, 0.5) is 0 Å². The number of allylic oxidation sites excluding steroid dienone is 4. The average Bonchev–Trinajstić information content (AvgIpc) is 2.24. The highest BCUT2D eigenvalue weighted by Gasteiger charge is 2.45. The number of hydrogen-bond acceptors (Lipinski definition) is 1. The lowest BCUT2D eigenvalue weighted by Crippen LogP contribution is -2.40. The number of aldehydes is 1. The maximum absolute atomic E-state index is 12.0. The summed E-state index contributed by atoms with van der Waals surface area (Å²) in [4.78, 5) is 12.0. The molecule has 0 bridgehead atoms. The summed E-state index contributed by atoms with van der Waals surface area (Å²) >= 11 is 0. The van der Waals surface area contributed by atoms with Gasteiger partial charge >= 0.3 is 0 Å². The molecule has 1 aliphatic carbocycles. The molecule has 0 spiro atoms. The first kappa shape index (κ1) is 17.2. The summed E-state index contributed by atoms with van der Waals surface area (Å²) in [7, 11) is 0. The number of hydrogen-bond donors (Lipinski definition) is 0. The molecular formula is C19H32O. The first-order chi connectivity index (χ1) is 8.73. The summed E-state index contributed by atoms with van der Waals surface area (Å²) in [5.41, 5.74) is 2.37. The third kappa shape index (κ3) is 3.24. The molecule has 0 aromatic rings. The van der Waals surface area contributed by atoms with E-state index in [9.17, 15) is 4.79 Å².